The van der Waals surface area contributed by atoms with Crippen LogP contribution in [-0.4, -0.2) is 47.2 Å². The Labute approximate surface area is 159 Å². The summed E-state index contributed by atoms with van der Waals surface area (Å²) in [6.07, 6.45) is 1.91. The van der Waals surface area contributed by atoms with E-state index in [-0.39, 0.29) is 12.6 Å². The van der Waals surface area contributed by atoms with Gasteiger partial charge in [0.2, 0.25) is 5.88 Å². The van der Waals surface area contributed by atoms with Crippen LogP contribution in [0.4, 0.5) is 5.82 Å². The van der Waals surface area contributed by atoms with Crippen LogP contribution in [0.3, 0.4) is 0 Å². The van der Waals surface area contributed by atoms with Crippen LogP contribution in [0.2, 0.25) is 0 Å². The van der Waals surface area contributed by atoms with Gasteiger partial charge in [-0.05, 0) is 31.0 Å². The Morgan fingerprint density at radius 1 is 1.19 bits per heavy atom. The van der Waals surface area contributed by atoms with Gasteiger partial charge in [0.05, 0.1) is 0 Å². The number of hydrogen-bond acceptors (Lipinski definition) is 8. The predicted molar refractivity (Wildman–Crippen MR) is 105 cm³/mol. The van der Waals surface area contributed by atoms with Crippen LogP contribution in [0.25, 0.3) is 0 Å². The highest BCUT2D eigenvalue weighted by Gasteiger charge is 2.10. The van der Waals surface area contributed by atoms with Gasteiger partial charge in [-0.1, -0.05) is 24.3 Å². The van der Waals surface area contributed by atoms with Crippen molar-refractivity contribution in [3.8, 4) is 11.6 Å². The van der Waals surface area contributed by atoms with Crippen molar-refractivity contribution in [1.29, 1.82) is 0 Å². The average molecular weight is 373 g/mol. The van der Waals surface area contributed by atoms with Gasteiger partial charge in [-0.2, -0.15) is 0 Å². The van der Waals surface area contributed by atoms with E-state index in [1.54, 1.807) is 12.1 Å². The minimum atomic E-state index is -0.640. The Kier molecular flexibility index (Phi) is 8.50. The van der Waals surface area contributed by atoms with Gasteiger partial charge in [-0.15, -0.1) is 16.8 Å². The highest BCUT2D eigenvalue weighted by Crippen LogP contribution is 2.18. The lowest BCUT2D eigenvalue weighted by molar-refractivity contribution is 0.101. The van der Waals surface area contributed by atoms with Gasteiger partial charge in [0.15, 0.2) is 5.82 Å². The molecular weight excluding hydrogens is 346 g/mol. The van der Waals surface area contributed by atoms with Crippen molar-refractivity contribution in [2.45, 2.75) is 25.5 Å². The Hall–Kier alpha value is -2.68. The molecule has 27 heavy (non-hydrogen) atoms. The molecule has 0 aliphatic rings. The van der Waals surface area contributed by atoms with E-state index in [1.807, 2.05) is 37.3 Å². The molecule has 1 heterocycles. The third kappa shape index (κ3) is 7.22. The maximum absolute atomic E-state index is 10.1. The summed E-state index contributed by atoms with van der Waals surface area (Å²) in [4.78, 5) is 0. The summed E-state index contributed by atoms with van der Waals surface area (Å²) in [7, 11) is 0. The third-order valence-corrected chi connectivity index (χ3v) is 3.74. The summed E-state index contributed by atoms with van der Waals surface area (Å²) in [5.74, 6) is 6.87. The lowest BCUT2D eigenvalue weighted by Crippen LogP contribution is -2.39. The van der Waals surface area contributed by atoms with Gasteiger partial charge < -0.3 is 25.3 Å². The number of aliphatic hydroxyl groups excluding tert-OH is 1. The molecule has 8 heteroatoms. The largest absolute Gasteiger partial charge is 0.491 e. The number of nitrogens with two attached hydrogens (primary N) is 1. The number of nitrogens with zero attached hydrogens (tertiary/aromatic N) is 2. The van der Waals surface area contributed by atoms with Crippen LogP contribution in [-0.2, 0) is 6.42 Å². The van der Waals surface area contributed by atoms with E-state index < -0.39 is 6.10 Å². The number of anilines is 1. The molecule has 0 saturated heterocycles. The number of benzene rings is 1. The molecule has 146 valence electrons. The van der Waals surface area contributed by atoms with Crippen molar-refractivity contribution in [2.75, 3.05) is 25.2 Å². The van der Waals surface area contributed by atoms with Gasteiger partial charge in [-0.25, -0.2) is 5.84 Å². The van der Waals surface area contributed by atoms with Gasteiger partial charge in [-0.3, -0.25) is 0 Å². The SMILES string of the molecule is C=CCc1ccccc1OCC(O)CNC(C)COc1ccc(NN)nn1. The van der Waals surface area contributed by atoms with Gasteiger partial charge >= 0.3 is 0 Å². The molecule has 2 aromatic rings. The topological polar surface area (TPSA) is 115 Å². The van der Waals surface area contributed by atoms with Crippen molar-refractivity contribution in [3.05, 3.63) is 54.6 Å². The molecule has 2 rings (SSSR count). The lowest BCUT2D eigenvalue weighted by atomic mass is 10.1. The number of ether oxygens (including phenoxy) is 2. The summed E-state index contributed by atoms with van der Waals surface area (Å²) in [5, 5.41) is 21.0. The molecule has 2 unspecified atom stereocenters. The fourth-order valence-corrected chi connectivity index (χ4v) is 2.29. The van der Waals surface area contributed by atoms with Crippen molar-refractivity contribution in [3.63, 3.8) is 0 Å². The maximum Gasteiger partial charge on any atom is 0.233 e. The number of nitrogen functional groups attached to an aromatic ring is 1. The summed E-state index contributed by atoms with van der Waals surface area (Å²) in [6, 6.07) is 11.1. The van der Waals surface area contributed by atoms with Gasteiger partial charge in [0, 0.05) is 18.7 Å². The van der Waals surface area contributed by atoms with Gasteiger partial charge in [0.1, 0.15) is 25.1 Å². The van der Waals surface area contributed by atoms with E-state index in [9.17, 15) is 5.11 Å². The second-order valence-electron chi connectivity index (χ2n) is 6.09. The number of hydrogen-bond donors (Lipinski definition) is 4. The Morgan fingerprint density at radius 3 is 2.70 bits per heavy atom. The van der Waals surface area contributed by atoms with Crippen molar-refractivity contribution in [1.82, 2.24) is 15.5 Å². The maximum atomic E-state index is 10.1. The van der Waals surface area contributed by atoms with E-state index >= 15 is 0 Å². The van der Waals surface area contributed by atoms with E-state index in [0.29, 0.717) is 24.8 Å². The van der Waals surface area contributed by atoms with E-state index in [4.69, 9.17) is 15.3 Å². The van der Waals surface area contributed by atoms with Crippen LogP contribution in [0.15, 0.2) is 49.1 Å². The first-order valence-electron chi connectivity index (χ1n) is 8.78. The Balaban J connectivity index is 1.68. The third-order valence-electron chi connectivity index (χ3n) is 3.74. The fraction of sp³-hybridized carbons (Fsp3) is 0.368. The number of nitrogens with one attached hydrogen (secondary N) is 2. The Bertz CT molecular complexity index is 696. The first-order chi connectivity index (χ1) is 13.1. The zero-order valence-corrected chi connectivity index (χ0v) is 15.5. The summed E-state index contributed by atoms with van der Waals surface area (Å²) in [5.41, 5.74) is 3.45. The van der Waals surface area contributed by atoms with Crippen LogP contribution in [0, 0.1) is 0 Å². The normalized spacial score (nSPS) is 12.9. The number of aromatic nitrogens is 2. The number of allylic oxidation sites excluding steroid dienone is 1. The minimum absolute atomic E-state index is 0.0156. The van der Waals surface area contributed by atoms with Crippen molar-refractivity contribution in [2.24, 2.45) is 5.84 Å². The van der Waals surface area contributed by atoms with Crippen LogP contribution in [0.5, 0.6) is 11.6 Å². The summed E-state index contributed by atoms with van der Waals surface area (Å²) < 4.78 is 11.3. The van der Waals surface area contributed by atoms with E-state index in [2.05, 4.69) is 27.5 Å². The molecule has 8 nitrogen and oxygen atoms in total. The first kappa shape index (κ1) is 20.6. The second-order valence-corrected chi connectivity index (χ2v) is 6.09. The highest BCUT2D eigenvalue weighted by molar-refractivity contribution is 5.34. The highest BCUT2D eigenvalue weighted by atomic mass is 16.5. The molecular formula is C19H27N5O3. The number of hydrazine groups is 1. The summed E-state index contributed by atoms with van der Waals surface area (Å²) in [6.45, 7) is 6.68. The second kappa shape index (κ2) is 11.1. The molecule has 1 aromatic carbocycles. The molecule has 0 radical (unpaired) electrons. The zero-order valence-electron chi connectivity index (χ0n) is 15.5. The van der Waals surface area contributed by atoms with Crippen molar-refractivity contribution >= 4 is 5.82 Å². The molecule has 0 aliphatic heterocycles. The van der Waals surface area contributed by atoms with E-state index in [0.717, 1.165) is 17.7 Å². The molecule has 0 aliphatic carbocycles. The average Bonchev–Trinajstić information content (AvgIpc) is 2.70. The van der Waals surface area contributed by atoms with E-state index in [1.165, 1.54) is 0 Å². The van der Waals surface area contributed by atoms with Crippen LogP contribution >= 0.6 is 0 Å². The molecule has 0 amide bonds. The van der Waals surface area contributed by atoms with Crippen molar-refractivity contribution < 1.29 is 14.6 Å². The minimum Gasteiger partial charge on any atom is -0.491 e. The molecule has 5 N–H and O–H groups in total. The molecule has 0 fully saturated rings. The molecule has 0 bridgehead atoms. The number of para-hydroxylation sites is 1. The molecule has 1 aromatic heterocycles. The smallest absolute Gasteiger partial charge is 0.233 e. The zero-order chi connectivity index (χ0) is 19.5. The van der Waals surface area contributed by atoms with Gasteiger partial charge in [0.25, 0.3) is 0 Å². The molecule has 0 spiro atoms. The number of aliphatic hydroxyl groups is 1. The molecule has 0 saturated carbocycles. The predicted octanol–water partition coefficient (Wildman–Crippen LogP) is 1.29. The fourth-order valence-electron chi connectivity index (χ4n) is 2.29. The quantitative estimate of drug-likeness (QED) is 0.250. The first-order valence-corrected chi connectivity index (χ1v) is 8.78. The number of rotatable bonds is 12. The monoisotopic (exact) mass is 373 g/mol. The Morgan fingerprint density at radius 2 is 2.00 bits per heavy atom. The lowest BCUT2D eigenvalue weighted by Gasteiger charge is -2.18. The molecule has 2 atom stereocenters. The standard InChI is InChI=1S/C19H27N5O3/c1-3-6-15-7-4-5-8-17(15)26-13-16(25)11-21-14(2)12-27-19-10-9-18(22-20)23-24-19/h3-5,7-10,14,16,21,25H,1,6,11-13,20H2,2H3,(H,22,23). The van der Waals surface area contributed by atoms with Crippen LogP contribution in [0.1, 0.15) is 12.5 Å². The van der Waals surface area contributed by atoms with Crippen LogP contribution < -0.4 is 26.1 Å². The summed E-state index contributed by atoms with van der Waals surface area (Å²) >= 11 is 0.